The first-order valence-corrected chi connectivity index (χ1v) is 21.8. The van der Waals surface area contributed by atoms with Crippen LogP contribution in [0.5, 0.6) is 5.75 Å². The van der Waals surface area contributed by atoms with Crippen LogP contribution in [0.2, 0.25) is 0 Å². The number of hydrogen-bond acceptors (Lipinski definition) is 14. The standard InChI is InChI=1S/C41H54N10O12S/c1-4-18(2)34-39(62)45-13-32(57)46-27-17-64-40-24(23-6-5-22(53)10-25(23)48-40)8-21(36(59)44-14-33(58)49-34)9-29(54)35(19(3)30(55)16-52)50-38(61)28-7-20(12-42)15-51(28)41(63)26(11-31(43)56)47-37(27)60/h5-6,10,18-21,26-28,30,34-35,48,52-53,55H,4,7-9,11,13-17H2,1-3H3,(H2,43,56)(H,44,59)(H,45,62)(H,46,57)(H,47,60)(H,49,58)(H,50,61)/t18-,19-,20-,21+,26-,27-,28-,30-,34-,35-/m0/s1. The second-order valence-corrected chi connectivity index (χ2v) is 17.5. The Morgan fingerprint density at radius 1 is 0.938 bits per heavy atom. The zero-order chi connectivity index (χ0) is 47.0. The fourth-order valence-electron chi connectivity index (χ4n) is 7.97. The number of benzene rings is 1. The first-order valence-electron chi connectivity index (χ1n) is 20.9. The van der Waals surface area contributed by atoms with Gasteiger partial charge in [-0.15, -0.1) is 11.8 Å². The summed E-state index contributed by atoms with van der Waals surface area (Å²) in [5.41, 5.74) is 6.31. The predicted molar refractivity (Wildman–Crippen MR) is 226 cm³/mol. The van der Waals surface area contributed by atoms with Crippen molar-refractivity contribution >= 4 is 75.7 Å². The maximum atomic E-state index is 14.6. The molecule has 346 valence electrons. The van der Waals surface area contributed by atoms with E-state index in [1.165, 1.54) is 19.1 Å². The van der Waals surface area contributed by atoms with Crippen LogP contribution < -0.4 is 37.6 Å². The van der Waals surface area contributed by atoms with Crippen LogP contribution in [-0.2, 0) is 49.6 Å². The molecule has 3 aliphatic heterocycles. The first kappa shape index (κ1) is 48.8. The quantitative estimate of drug-likeness (QED) is 0.131. The zero-order valence-electron chi connectivity index (χ0n) is 35.5. The Bertz CT molecular complexity index is 2210. The van der Waals surface area contributed by atoms with Gasteiger partial charge in [-0.05, 0) is 36.5 Å². The van der Waals surface area contributed by atoms with Crippen LogP contribution in [0.3, 0.4) is 0 Å². The molecular formula is C41H54N10O12S. The molecule has 23 heteroatoms. The Morgan fingerprint density at radius 3 is 2.28 bits per heavy atom. The number of ketones is 1. The van der Waals surface area contributed by atoms with Crippen molar-refractivity contribution in [2.45, 2.75) is 94.2 Å². The van der Waals surface area contributed by atoms with E-state index in [4.69, 9.17) is 5.73 Å². The van der Waals surface area contributed by atoms with E-state index in [2.05, 4.69) is 36.9 Å². The normalized spacial score (nSPS) is 27.3. The van der Waals surface area contributed by atoms with Crippen LogP contribution in [0.4, 0.5) is 0 Å². The molecule has 0 spiro atoms. The van der Waals surface area contributed by atoms with E-state index in [0.29, 0.717) is 27.9 Å². The van der Waals surface area contributed by atoms with Crippen molar-refractivity contribution in [3.8, 4) is 11.8 Å². The molecule has 12 N–H and O–H groups in total. The second-order valence-electron chi connectivity index (χ2n) is 16.4. The summed E-state index contributed by atoms with van der Waals surface area (Å²) in [4.78, 5) is 128. The lowest BCUT2D eigenvalue weighted by molar-refractivity contribution is -0.143. The van der Waals surface area contributed by atoms with E-state index in [1.54, 1.807) is 19.9 Å². The molecular weight excluding hydrogens is 857 g/mol. The topological polar surface area (TPSA) is 355 Å². The number of thioether (sulfide) groups is 1. The number of phenols is 1. The summed E-state index contributed by atoms with van der Waals surface area (Å²) in [5, 5.41) is 56.9. The van der Waals surface area contributed by atoms with Crippen LogP contribution in [0.15, 0.2) is 23.2 Å². The first-order chi connectivity index (χ1) is 30.3. The van der Waals surface area contributed by atoms with E-state index < -0.39 is 146 Å². The number of aromatic hydroxyl groups is 1. The van der Waals surface area contributed by atoms with Gasteiger partial charge in [0.1, 0.15) is 29.9 Å². The molecule has 22 nitrogen and oxygen atoms in total. The highest BCUT2D eigenvalue weighted by Gasteiger charge is 2.45. The van der Waals surface area contributed by atoms with E-state index >= 15 is 0 Å². The summed E-state index contributed by atoms with van der Waals surface area (Å²) in [6.45, 7) is 2.33. The highest BCUT2D eigenvalue weighted by molar-refractivity contribution is 7.99. The molecule has 1 aromatic carbocycles. The maximum absolute atomic E-state index is 14.6. The lowest BCUT2D eigenvalue weighted by Crippen LogP contribution is -2.60. The van der Waals surface area contributed by atoms with Gasteiger partial charge in [0.15, 0.2) is 5.78 Å². The molecule has 0 saturated carbocycles. The Labute approximate surface area is 371 Å². The highest BCUT2D eigenvalue weighted by Crippen LogP contribution is 2.35. The molecule has 5 rings (SSSR count). The van der Waals surface area contributed by atoms with Gasteiger partial charge in [-0.2, -0.15) is 5.26 Å². The van der Waals surface area contributed by atoms with Gasteiger partial charge in [0.25, 0.3) is 0 Å². The number of aromatic amines is 1. The lowest BCUT2D eigenvalue weighted by atomic mass is 9.85. The molecule has 0 radical (unpaired) electrons. The smallest absolute Gasteiger partial charge is 0.246 e. The molecule has 3 aliphatic rings. The summed E-state index contributed by atoms with van der Waals surface area (Å²) in [6, 6.07) is -1.15. The number of aromatic nitrogens is 1. The van der Waals surface area contributed by atoms with Crippen molar-refractivity contribution in [2.75, 3.05) is 32.0 Å². The number of nitrogens with two attached hydrogens (primary N) is 1. The predicted octanol–water partition coefficient (Wildman–Crippen LogP) is -3.07. The van der Waals surface area contributed by atoms with Gasteiger partial charge in [-0.1, -0.05) is 27.2 Å². The summed E-state index contributed by atoms with van der Waals surface area (Å²) in [6.07, 6.45) is -3.06. The molecule has 8 amide bonds. The van der Waals surface area contributed by atoms with Gasteiger partial charge >= 0.3 is 0 Å². The second kappa shape index (κ2) is 21.4. The monoisotopic (exact) mass is 910 g/mol. The van der Waals surface area contributed by atoms with Gasteiger partial charge in [-0.25, -0.2) is 0 Å². The Hall–Kier alpha value is -6.25. The zero-order valence-corrected chi connectivity index (χ0v) is 36.3. The number of carbonyl (C=O) groups excluding carboxylic acids is 9. The van der Waals surface area contributed by atoms with Gasteiger partial charge in [-0.3, -0.25) is 43.2 Å². The molecule has 2 aromatic rings. The average molecular weight is 911 g/mol. The van der Waals surface area contributed by atoms with Gasteiger partial charge < -0.3 is 62.8 Å². The van der Waals surface area contributed by atoms with Crippen molar-refractivity contribution in [1.82, 2.24) is 41.8 Å². The SMILES string of the molecule is CC[C@H](C)[C@@H]1NC(=O)CNC(=O)[C@H]2CC(=O)[C@H]([C@@H](C)[C@@H](O)CO)NC(=O)[C@@H]3C[C@@H](C#N)CN3C(=O)[C@H](CC(N)=O)NC(=O)[C@H](CSc3[nH]c4cc(O)ccc4c3C2)NC(=O)CNC1=O. The number of Topliss-reactive ketones (excluding diaryl/α,β-unsaturated/α-hetero) is 1. The van der Waals surface area contributed by atoms with E-state index in [-0.39, 0.29) is 30.9 Å². The average Bonchev–Trinajstić information content (AvgIpc) is 3.85. The molecule has 10 atom stereocenters. The van der Waals surface area contributed by atoms with Crippen LogP contribution in [0, 0.1) is 35.0 Å². The molecule has 0 unspecified atom stereocenters. The number of carbonyl (C=O) groups is 9. The number of nitrogens with zero attached hydrogens (tertiary/aromatic N) is 2. The van der Waals surface area contributed by atoms with Crippen molar-refractivity contribution < 1.29 is 58.5 Å². The molecule has 2 bridgehead atoms. The number of fused-ring (bicyclic) bond motifs is 5. The van der Waals surface area contributed by atoms with Crippen LogP contribution >= 0.6 is 11.8 Å². The number of H-pyrrole nitrogens is 1. The maximum Gasteiger partial charge on any atom is 0.246 e. The van der Waals surface area contributed by atoms with Crippen LogP contribution in [0.1, 0.15) is 52.0 Å². The van der Waals surface area contributed by atoms with Crippen LogP contribution in [-0.4, -0.2) is 147 Å². The van der Waals surface area contributed by atoms with Crippen molar-refractivity contribution in [1.29, 1.82) is 5.26 Å². The summed E-state index contributed by atoms with van der Waals surface area (Å²) >= 11 is 0.977. The molecule has 64 heavy (non-hydrogen) atoms. The number of phenolic OH excluding ortho intramolecular Hbond substituents is 1. The molecule has 0 aliphatic carbocycles. The van der Waals surface area contributed by atoms with E-state index in [0.717, 1.165) is 16.7 Å². The number of aliphatic hydroxyl groups excluding tert-OH is 2. The lowest BCUT2D eigenvalue weighted by Gasteiger charge is -2.32. The Morgan fingerprint density at radius 2 is 1.62 bits per heavy atom. The minimum atomic E-state index is -1.73. The van der Waals surface area contributed by atoms with E-state index in [1.807, 2.05) is 6.07 Å². The molecule has 1 fully saturated rings. The van der Waals surface area contributed by atoms with Gasteiger partial charge in [0.05, 0.1) is 60.8 Å². The third kappa shape index (κ3) is 11.7. The third-order valence-corrected chi connectivity index (χ3v) is 13.0. The fraction of sp³-hybridized carbons (Fsp3) is 0.561. The fourth-order valence-corrected chi connectivity index (χ4v) is 9.08. The molecule has 1 aromatic heterocycles. The minimum Gasteiger partial charge on any atom is -0.508 e. The van der Waals surface area contributed by atoms with E-state index in [9.17, 15) is 63.7 Å². The van der Waals surface area contributed by atoms with Gasteiger partial charge in [0, 0.05) is 42.0 Å². The summed E-state index contributed by atoms with van der Waals surface area (Å²) in [5.74, 6) is -12.3. The van der Waals surface area contributed by atoms with Crippen molar-refractivity contribution in [3.05, 3.63) is 23.8 Å². The third-order valence-electron chi connectivity index (χ3n) is 11.9. The number of nitriles is 1. The number of nitrogens with one attached hydrogen (secondary N) is 7. The number of amides is 8. The van der Waals surface area contributed by atoms with Crippen molar-refractivity contribution in [2.24, 2.45) is 29.4 Å². The molecule has 1 saturated heterocycles. The Kier molecular flexibility index (Phi) is 16.3. The number of primary amides is 1. The highest BCUT2D eigenvalue weighted by atomic mass is 32.2. The number of rotatable bonds is 7. The van der Waals surface area contributed by atoms with Crippen molar-refractivity contribution in [3.63, 3.8) is 0 Å². The number of hydrogen-bond donors (Lipinski definition) is 11. The number of aliphatic hydroxyl groups is 2. The summed E-state index contributed by atoms with van der Waals surface area (Å²) in [7, 11) is 0. The molecule has 4 heterocycles. The van der Waals surface area contributed by atoms with Crippen LogP contribution in [0.25, 0.3) is 10.9 Å². The Balaban J connectivity index is 1.71. The van der Waals surface area contributed by atoms with Gasteiger partial charge in [0.2, 0.25) is 47.3 Å². The summed E-state index contributed by atoms with van der Waals surface area (Å²) < 4.78 is 0. The largest absolute Gasteiger partial charge is 0.508 e. The minimum absolute atomic E-state index is 0.132.